The summed E-state index contributed by atoms with van der Waals surface area (Å²) in [5.74, 6) is 0.106. The zero-order chi connectivity index (χ0) is 18.2. The number of nitrogens with zero attached hydrogens (tertiary/aromatic N) is 3. The van der Waals surface area contributed by atoms with Crippen LogP contribution < -0.4 is 0 Å². The van der Waals surface area contributed by atoms with Gasteiger partial charge in [-0.25, -0.2) is 0 Å². The predicted octanol–water partition coefficient (Wildman–Crippen LogP) is 3.25. The Hall–Kier alpha value is -1.62. The SMILES string of the molecule is Cc1nn(C)c(C)c1/C=C/C(=O)N1CCC2(CC1)CCC(C)(C)OC2. The van der Waals surface area contributed by atoms with Gasteiger partial charge in [0, 0.05) is 37.5 Å². The first-order valence-corrected chi connectivity index (χ1v) is 9.33. The van der Waals surface area contributed by atoms with Crippen LogP contribution in [0, 0.1) is 19.3 Å². The molecule has 138 valence electrons. The minimum Gasteiger partial charge on any atom is -0.375 e. The number of rotatable bonds is 2. The van der Waals surface area contributed by atoms with Gasteiger partial charge in [0.1, 0.15) is 0 Å². The minimum absolute atomic E-state index is 0.0143. The molecule has 3 heterocycles. The van der Waals surface area contributed by atoms with Gasteiger partial charge in [0.15, 0.2) is 0 Å². The van der Waals surface area contributed by atoms with Crippen molar-refractivity contribution in [2.45, 2.75) is 59.0 Å². The topological polar surface area (TPSA) is 47.4 Å². The molecule has 2 aliphatic heterocycles. The third-order valence-electron chi connectivity index (χ3n) is 6.12. The largest absolute Gasteiger partial charge is 0.375 e. The summed E-state index contributed by atoms with van der Waals surface area (Å²) in [7, 11) is 1.93. The van der Waals surface area contributed by atoms with Gasteiger partial charge in [-0.15, -0.1) is 0 Å². The van der Waals surface area contributed by atoms with Crippen molar-refractivity contribution in [2.24, 2.45) is 12.5 Å². The summed E-state index contributed by atoms with van der Waals surface area (Å²) in [5.41, 5.74) is 3.39. The number of aromatic nitrogens is 2. The van der Waals surface area contributed by atoms with Crippen LogP contribution in [0.25, 0.3) is 6.08 Å². The molecule has 3 rings (SSSR count). The number of carbonyl (C=O) groups is 1. The molecule has 1 amide bonds. The smallest absolute Gasteiger partial charge is 0.246 e. The second-order valence-electron chi connectivity index (χ2n) is 8.42. The van der Waals surface area contributed by atoms with Gasteiger partial charge in [-0.05, 0) is 64.9 Å². The fourth-order valence-electron chi connectivity index (χ4n) is 3.95. The molecule has 2 aliphatic rings. The van der Waals surface area contributed by atoms with Gasteiger partial charge >= 0.3 is 0 Å². The average molecular weight is 345 g/mol. The van der Waals surface area contributed by atoms with E-state index in [1.54, 1.807) is 6.08 Å². The lowest BCUT2D eigenvalue weighted by Crippen LogP contribution is -2.49. The van der Waals surface area contributed by atoms with Gasteiger partial charge in [0.25, 0.3) is 0 Å². The van der Waals surface area contributed by atoms with E-state index in [1.165, 1.54) is 6.42 Å². The van der Waals surface area contributed by atoms with E-state index in [-0.39, 0.29) is 16.9 Å². The van der Waals surface area contributed by atoms with Crippen LogP contribution >= 0.6 is 0 Å². The van der Waals surface area contributed by atoms with Gasteiger partial charge in [-0.2, -0.15) is 5.10 Å². The van der Waals surface area contributed by atoms with Gasteiger partial charge in [-0.1, -0.05) is 0 Å². The summed E-state index contributed by atoms with van der Waals surface area (Å²) in [6.07, 6.45) is 8.04. The minimum atomic E-state index is 0.0143. The van der Waals surface area contributed by atoms with Gasteiger partial charge in [0.05, 0.1) is 17.9 Å². The third-order valence-corrected chi connectivity index (χ3v) is 6.12. The first kappa shape index (κ1) is 18.2. The fourth-order valence-corrected chi connectivity index (χ4v) is 3.95. The lowest BCUT2D eigenvalue weighted by molar-refractivity contribution is -0.141. The summed E-state index contributed by atoms with van der Waals surface area (Å²) in [6, 6.07) is 0. The molecule has 25 heavy (non-hydrogen) atoms. The Kier molecular flexibility index (Phi) is 4.80. The Morgan fingerprint density at radius 2 is 1.84 bits per heavy atom. The molecular weight excluding hydrogens is 314 g/mol. The van der Waals surface area contributed by atoms with Crippen LogP contribution in [0.5, 0.6) is 0 Å². The number of likely N-dealkylation sites (tertiary alicyclic amines) is 1. The van der Waals surface area contributed by atoms with Crippen molar-refractivity contribution in [2.75, 3.05) is 19.7 Å². The maximum absolute atomic E-state index is 12.6. The van der Waals surface area contributed by atoms with Crippen molar-refractivity contribution in [3.8, 4) is 0 Å². The summed E-state index contributed by atoms with van der Waals surface area (Å²) in [6.45, 7) is 10.9. The Morgan fingerprint density at radius 3 is 2.36 bits per heavy atom. The van der Waals surface area contributed by atoms with Gasteiger partial charge in [0.2, 0.25) is 5.91 Å². The Morgan fingerprint density at radius 1 is 1.16 bits per heavy atom. The quantitative estimate of drug-likeness (QED) is 0.773. The summed E-state index contributed by atoms with van der Waals surface area (Å²) >= 11 is 0. The van der Waals surface area contributed by atoms with E-state index in [0.29, 0.717) is 0 Å². The standard InChI is InChI=1S/C20H31N3O2/c1-15-17(16(2)22(5)21-15)6-7-18(24)23-12-10-20(11-13-23)9-8-19(3,4)25-14-20/h6-7H,8-14H2,1-5H3/b7-6+. The van der Waals surface area contributed by atoms with E-state index in [9.17, 15) is 4.79 Å². The van der Waals surface area contributed by atoms with Crippen LogP contribution in [0.3, 0.4) is 0 Å². The molecule has 0 radical (unpaired) electrons. The molecule has 0 aliphatic carbocycles. The lowest BCUT2D eigenvalue weighted by atomic mass is 9.72. The number of piperidine rings is 1. The molecule has 5 heteroatoms. The molecule has 0 unspecified atom stereocenters. The van der Waals surface area contributed by atoms with E-state index >= 15 is 0 Å². The first-order chi connectivity index (χ1) is 11.7. The highest BCUT2D eigenvalue weighted by Crippen LogP contribution is 2.43. The van der Waals surface area contributed by atoms with E-state index in [0.717, 1.165) is 55.9 Å². The molecule has 2 saturated heterocycles. The molecule has 0 N–H and O–H groups in total. The molecule has 5 nitrogen and oxygen atoms in total. The highest BCUT2D eigenvalue weighted by Gasteiger charge is 2.41. The van der Waals surface area contributed by atoms with Crippen molar-refractivity contribution >= 4 is 12.0 Å². The zero-order valence-corrected chi connectivity index (χ0v) is 16.3. The lowest BCUT2D eigenvalue weighted by Gasteiger charge is -2.47. The Labute approximate surface area is 151 Å². The number of hydrogen-bond acceptors (Lipinski definition) is 3. The van der Waals surface area contributed by atoms with E-state index in [1.807, 2.05) is 36.6 Å². The number of carbonyl (C=O) groups excluding carboxylic acids is 1. The predicted molar refractivity (Wildman–Crippen MR) is 99.2 cm³/mol. The normalized spacial score (nSPS) is 22.7. The highest BCUT2D eigenvalue weighted by molar-refractivity contribution is 5.92. The van der Waals surface area contributed by atoms with Crippen molar-refractivity contribution in [3.63, 3.8) is 0 Å². The van der Waals surface area contributed by atoms with E-state index in [2.05, 4.69) is 18.9 Å². The summed E-state index contributed by atoms with van der Waals surface area (Å²) in [5, 5.41) is 4.40. The van der Waals surface area contributed by atoms with Gasteiger partial charge in [-0.3, -0.25) is 9.48 Å². The Balaban J connectivity index is 1.58. The van der Waals surface area contributed by atoms with Crippen molar-refractivity contribution in [1.82, 2.24) is 14.7 Å². The van der Waals surface area contributed by atoms with Crippen molar-refractivity contribution in [3.05, 3.63) is 23.0 Å². The summed E-state index contributed by atoms with van der Waals surface area (Å²) < 4.78 is 7.92. The monoisotopic (exact) mass is 345 g/mol. The van der Waals surface area contributed by atoms with Crippen LogP contribution in [0.4, 0.5) is 0 Å². The molecule has 2 fully saturated rings. The van der Waals surface area contributed by atoms with Crippen LogP contribution in [-0.4, -0.2) is 45.9 Å². The maximum atomic E-state index is 12.6. The van der Waals surface area contributed by atoms with Crippen molar-refractivity contribution < 1.29 is 9.53 Å². The maximum Gasteiger partial charge on any atom is 0.246 e. The Bertz CT molecular complexity index is 667. The molecule has 0 saturated carbocycles. The van der Waals surface area contributed by atoms with Crippen LogP contribution in [0.15, 0.2) is 6.08 Å². The zero-order valence-electron chi connectivity index (χ0n) is 16.3. The molecule has 0 bridgehead atoms. The van der Waals surface area contributed by atoms with Gasteiger partial charge < -0.3 is 9.64 Å². The molecule has 0 atom stereocenters. The first-order valence-electron chi connectivity index (χ1n) is 9.33. The second kappa shape index (κ2) is 6.60. The van der Waals surface area contributed by atoms with Crippen LogP contribution in [0.2, 0.25) is 0 Å². The molecular formula is C20H31N3O2. The summed E-state index contributed by atoms with van der Waals surface area (Å²) in [4.78, 5) is 14.5. The van der Waals surface area contributed by atoms with Crippen LogP contribution in [0.1, 0.15) is 56.5 Å². The third kappa shape index (κ3) is 3.81. The number of ether oxygens (including phenoxy) is 1. The second-order valence-corrected chi connectivity index (χ2v) is 8.42. The average Bonchev–Trinajstić information content (AvgIpc) is 2.82. The number of amides is 1. The molecule has 1 aromatic rings. The van der Waals surface area contributed by atoms with E-state index in [4.69, 9.17) is 4.74 Å². The fraction of sp³-hybridized carbons (Fsp3) is 0.700. The molecule has 1 spiro atoms. The van der Waals surface area contributed by atoms with Crippen LogP contribution in [-0.2, 0) is 16.6 Å². The number of aryl methyl sites for hydroxylation is 2. The van der Waals surface area contributed by atoms with Crippen molar-refractivity contribution in [1.29, 1.82) is 0 Å². The van der Waals surface area contributed by atoms with E-state index < -0.39 is 0 Å². The number of hydrogen-bond donors (Lipinski definition) is 0. The molecule has 1 aromatic heterocycles. The molecule has 0 aromatic carbocycles. The highest BCUT2D eigenvalue weighted by atomic mass is 16.5.